The van der Waals surface area contributed by atoms with E-state index in [9.17, 15) is 18.1 Å². The molecule has 0 aliphatic rings. The van der Waals surface area contributed by atoms with Crippen LogP contribution in [0.15, 0.2) is 0 Å². The molecule has 1 unspecified atom stereocenters. The van der Waals surface area contributed by atoms with Crippen molar-refractivity contribution in [2.24, 2.45) is 0 Å². The molecule has 0 aromatic heterocycles. The molecule has 0 heterocycles. The van der Waals surface area contributed by atoms with Crippen molar-refractivity contribution in [3.8, 4) is 0 Å². The Kier molecular flexibility index (Phi) is 26.0. The summed E-state index contributed by atoms with van der Waals surface area (Å²) < 4.78 is 31.5. The minimum atomic E-state index is -4.03. The van der Waals surface area contributed by atoms with Gasteiger partial charge >= 0.3 is 29.6 Å². The van der Waals surface area contributed by atoms with Gasteiger partial charge in [0.2, 0.25) is 0 Å². The number of aliphatic hydroxyl groups excluding tert-OH is 1. The fourth-order valence-electron chi connectivity index (χ4n) is 3.73. The van der Waals surface area contributed by atoms with Crippen LogP contribution in [0.2, 0.25) is 0 Å². The Bertz CT molecular complexity index is 415. The summed E-state index contributed by atoms with van der Waals surface area (Å²) in [6, 6.07) is 0. The molecule has 170 valence electrons. The largest absolute Gasteiger partial charge is 1.00 e. The Morgan fingerprint density at radius 2 is 0.931 bits per heavy atom. The molecule has 0 aliphatic carbocycles. The smallest absolute Gasteiger partial charge is 0.748 e. The van der Waals surface area contributed by atoms with Gasteiger partial charge in [-0.15, -0.1) is 0 Å². The zero-order valence-electron chi connectivity index (χ0n) is 19.5. The second kappa shape index (κ2) is 23.5. The van der Waals surface area contributed by atoms with Crippen LogP contribution < -0.4 is 29.6 Å². The van der Waals surface area contributed by atoms with E-state index in [4.69, 9.17) is 0 Å². The zero-order valence-corrected chi connectivity index (χ0v) is 22.3. The van der Waals surface area contributed by atoms with Crippen LogP contribution in [0.1, 0.15) is 135 Å². The van der Waals surface area contributed by atoms with Crippen molar-refractivity contribution in [1.29, 1.82) is 0 Å². The van der Waals surface area contributed by atoms with Crippen LogP contribution in [-0.4, -0.2) is 29.9 Å². The summed E-state index contributed by atoms with van der Waals surface area (Å²) in [6.07, 6.45) is 23.2. The fraction of sp³-hybridized carbons (Fsp3) is 1.00. The van der Waals surface area contributed by atoms with E-state index in [2.05, 4.69) is 6.92 Å². The van der Waals surface area contributed by atoms with E-state index in [1.54, 1.807) is 0 Å². The normalized spacial score (nSPS) is 12.7. The summed E-state index contributed by atoms with van der Waals surface area (Å²) in [6.45, 7) is 2.26. The van der Waals surface area contributed by atoms with Crippen LogP contribution >= 0.6 is 0 Å². The van der Waals surface area contributed by atoms with Crippen molar-refractivity contribution in [2.75, 3.05) is 5.75 Å². The molecule has 0 spiro atoms. The van der Waals surface area contributed by atoms with Gasteiger partial charge in [0.25, 0.3) is 0 Å². The number of aliphatic hydroxyl groups is 1. The van der Waals surface area contributed by atoms with Crippen molar-refractivity contribution >= 4 is 10.1 Å². The van der Waals surface area contributed by atoms with Gasteiger partial charge in [-0.3, -0.25) is 0 Å². The molecule has 4 nitrogen and oxygen atoms in total. The first kappa shape index (κ1) is 32.1. The van der Waals surface area contributed by atoms with E-state index < -0.39 is 10.1 Å². The third kappa shape index (κ3) is 28.9. The summed E-state index contributed by atoms with van der Waals surface area (Å²) in [4.78, 5) is 0. The van der Waals surface area contributed by atoms with Gasteiger partial charge in [-0.2, -0.15) is 0 Å². The van der Waals surface area contributed by atoms with Crippen LogP contribution in [0.5, 0.6) is 0 Å². The average molecular weight is 443 g/mol. The standard InChI is InChI=1S/C23H48O4S.Na/c1-2-3-4-5-6-7-8-9-11-14-17-20-23(24)21-18-15-12-10-13-16-19-22-28(25,26)27;/h23-24H,2-22H2,1H3,(H,25,26,27);/q;+1/p-1. The van der Waals surface area contributed by atoms with Gasteiger partial charge in [0, 0.05) is 5.75 Å². The van der Waals surface area contributed by atoms with Crippen molar-refractivity contribution in [3.05, 3.63) is 0 Å². The molecule has 0 amide bonds. The second-order valence-electron chi connectivity index (χ2n) is 8.50. The molecule has 1 atom stereocenters. The summed E-state index contributed by atoms with van der Waals surface area (Å²) in [5.41, 5.74) is 0. The van der Waals surface area contributed by atoms with Crippen LogP contribution in [-0.2, 0) is 10.1 Å². The summed E-state index contributed by atoms with van der Waals surface area (Å²) >= 11 is 0. The van der Waals surface area contributed by atoms with E-state index in [0.29, 0.717) is 6.42 Å². The third-order valence-corrected chi connectivity index (χ3v) is 6.36. The number of rotatable bonds is 22. The maximum absolute atomic E-state index is 10.5. The molecule has 0 radical (unpaired) electrons. The number of unbranched alkanes of at least 4 members (excludes halogenated alkanes) is 16. The predicted octanol–water partition coefficient (Wildman–Crippen LogP) is 3.72. The molecular formula is C23H47NaO4S. The first-order chi connectivity index (χ1) is 13.5. The van der Waals surface area contributed by atoms with Gasteiger partial charge in [-0.05, 0) is 19.3 Å². The van der Waals surface area contributed by atoms with Gasteiger partial charge in [0.1, 0.15) is 0 Å². The van der Waals surface area contributed by atoms with E-state index >= 15 is 0 Å². The van der Waals surface area contributed by atoms with Gasteiger partial charge in [0.15, 0.2) is 0 Å². The zero-order chi connectivity index (χ0) is 20.9. The number of hydrogen-bond acceptors (Lipinski definition) is 4. The topological polar surface area (TPSA) is 77.4 Å². The molecule has 0 fully saturated rings. The van der Waals surface area contributed by atoms with Crippen LogP contribution in [0.25, 0.3) is 0 Å². The molecule has 0 saturated carbocycles. The van der Waals surface area contributed by atoms with Crippen LogP contribution in [0.3, 0.4) is 0 Å². The van der Waals surface area contributed by atoms with E-state index in [-0.39, 0.29) is 41.4 Å². The maximum Gasteiger partial charge on any atom is 1.00 e. The van der Waals surface area contributed by atoms with E-state index in [0.717, 1.165) is 57.8 Å². The fourth-order valence-corrected chi connectivity index (χ4v) is 4.29. The molecule has 0 aromatic rings. The van der Waals surface area contributed by atoms with Crippen molar-refractivity contribution < 1.29 is 47.6 Å². The van der Waals surface area contributed by atoms with Gasteiger partial charge in [0.05, 0.1) is 16.2 Å². The molecule has 0 saturated heterocycles. The average Bonchev–Trinajstić information content (AvgIpc) is 2.64. The van der Waals surface area contributed by atoms with Crippen molar-refractivity contribution in [1.82, 2.24) is 0 Å². The van der Waals surface area contributed by atoms with Gasteiger partial charge < -0.3 is 9.66 Å². The number of hydrogen-bond donors (Lipinski definition) is 1. The minimum absolute atomic E-state index is 0. The first-order valence-electron chi connectivity index (χ1n) is 12.1. The molecule has 0 aromatic carbocycles. The quantitative estimate of drug-likeness (QED) is 0.157. The van der Waals surface area contributed by atoms with Crippen LogP contribution in [0.4, 0.5) is 0 Å². The first-order valence-corrected chi connectivity index (χ1v) is 13.6. The second-order valence-corrected chi connectivity index (χ2v) is 10.0. The van der Waals surface area contributed by atoms with Crippen molar-refractivity contribution in [2.45, 2.75) is 141 Å². The monoisotopic (exact) mass is 442 g/mol. The Balaban J connectivity index is 0. The molecule has 0 bridgehead atoms. The molecule has 0 rings (SSSR count). The molecule has 29 heavy (non-hydrogen) atoms. The Hall–Kier alpha value is 0.870. The van der Waals surface area contributed by atoms with E-state index in [1.165, 1.54) is 64.2 Å². The van der Waals surface area contributed by atoms with Crippen LogP contribution in [0, 0.1) is 0 Å². The SMILES string of the molecule is CCCCCCCCCCCCCC(O)CCCCCCCCCS(=O)(=O)[O-].[Na+]. The predicted molar refractivity (Wildman–Crippen MR) is 119 cm³/mol. The molecule has 0 aliphatic heterocycles. The Morgan fingerprint density at radius 1 is 0.621 bits per heavy atom. The minimum Gasteiger partial charge on any atom is -0.748 e. The molecule has 1 N–H and O–H groups in total. The van der Waals surface area contributed by atoms with Crippen molar-refractivity contribution in [3.63, 3.8) is 0 Å². The van der Waals surface area contributed by atoms with Gasteiger partial charge in [-0.1, -0.05) is 116 Å². The summed E-state index contributed by atoms with van der Waals surface area (Å²) in [5.74, 6) is -0.224. The third-order valence-electron chi connectivity index (χ3n) is 5.57. The maximum atomic E-state index is 10.5. The molecular weight excluding hydrogens is 395 g/mol. The Labute approximate surface area is 204 Å². The summed E-state index contributed by atoms with van der Waals surface area (Å²) in [7, 11) is -4.03. The van der Waals surface area contributed by atoms with E-state index in [1.807, 2.05) is 0 Å². The molecule has 6 heteroatoms. The van der Waals surface area contributed by atoms with Gasteiger partial charge in [-0.25, -0.2) is 8.42 Å². The Morgan fingerprint density at radius 3 is 1.28 bits per heavy atom. The summed E-state index contributed by atoms with van der Waals surface area (Å²) in [5, 5.41) is 10.1.